The van der Waals surface area contributed by atoms with Gasteiger partial charge >= 0.3 is 0 Å². The van der Waals surface area contributed by atoms with Gasteiger partial charge in [0, 0.05) is 25.5 Å². The van der Waals surface area contributed by atoms with Crippen LogP contribution >= 0.6 is 0 Å². The fourth-order valence-electron chi connectivity index (χ4n) is 2.71. The van der Waals surface area contributed by atoms with Crippen LogP contribution in [0.3, 0.4) is 0 Å². The van der Waals surface area contributed by atoms with Gasteiger partial charge in [-0.15, -0.1) is 0 Å². The highest BCUT2D eigenvalue weighted by molar-refractivity contribution is 5.94. The monoisotopic (exact) mass is 336 g/mol. The van der Waals surface area contributed by atoms with E-state index in [0.717, 1.165) is 24.1 Å². The third kappa shape index (κ3) is 6.20. The van der Waals surface area contributed by atoms with Crippen molar-refractivity contribution in [1.29, 1.82) is 0 Å². The maximum Gasteiger partial charge on any atom is 0.241 e. The van der Waals surface area contributed by atoms with E-state index in [1.165, 1.54) is 0 Å². The molecule has 1 amide bonds. The summed E-state index contributed by atoms with van der Waals surface area (Å²) >= 11 is 0. The quantitative estimate of drug-likeness (QED) is 0.673. The standard InChI is InChI=1S/C18H28N2O4/c1-2-22-10-11-24-13-14-4-3-5-16(12-14)20-18(21)17(19)15-6-8-23-9-7-15/h3-5,12,15,17H,2,6-11,13,19H2,1H3,(H,20,21). The summed E-state index contributed by atoms with van der Waals surface area (Å²) in [6.45, 7) is 5.64. The summed E-state index contributed by atoms with van der Waals surface area (Å²) in [6, 6.07) is 7.14. The molecule has 0 aliphatic carbocycles. The molecule has 0 aromatic heterocycles. The number of nitrogens with two attached hydrogens (primary N) is 1. The van der Waals surface area contributed by atoms with Crippen molar-refractivity contribution in [3.63, 3.8) is 0 Å². The van der Waals surface area contributed by atoms with Crippen LogP contribution in [-0.2, 0) is 25.6 Å². The molecule has 1 heterocycles. The largest absolute Gasteiger partial charge is 0.381 e. The summed E-state index contributed by atoms with van der Waals surface area (Å²) in [5.74, 6) is 0.0418. The van der Waals surface area contributed by atoms with E-state index in [1.807, 2.05) is 31.2 Å². The Morgan fingerprint density at radius 2 is 2.08 bits per heavy atom. The number of hydrogen-bond acceptors (Lipinski definition) is 5. The summed E-state index contributed by atoms with van der Waals surface area (Å²) in [5, 5.41) is 2.91. The first-order valence-corrected chi connectivity index (χ1v) is 8.59. The van der Waals surface area contributed by atoms with Crippen LogP contribution in [0.5, 0.6) is 0 Å². The summed E-state index contributed by atoms with van der Waals surface area (Å²) in [4.78, 5) is 12.3. The molecule has 2 rings (SSSR count). The third-order valence-electron chi connectivity index (χ3n) is 4.12. The average molecular weight is 336 g/mol. The lowest BCUT2D eigenvalue weighted by atomic mass is 9.92. The van der Waals surface area contributed by atoms with E-state index in [0.29, 0.717) is 39.6 Å². The minimum atomic E-state index is -0.500. The van der Waals surface area contributed by atoms with Gasteiger partial charge in [0.25, 0.3) is 0 Å². The SMILES string of the molecule is CCOCCOCc1cccc(NC(=O)C(N)C2CCOCC2)c1. The number of amides is 1. The van der Waals surface area contributed by atoms with Crippen LogP contribution in [0.1, 0.15) is 25.3 Å². The number of hydrogen-bond donors (Lipinski definition) is 2. The lowest BCUT2D eigenvalue weighted by Gasteiger charge is -2.26. The molecule has 0 saturated carbocycles. The molecule has 1 fully saturated rings. The number of anilines is 1. The van der Waals surface area contributed by atoms with E-state index < -0.39 is 6.04 Å². The Kier molecular flexibility index (Phi) is 8.18. The predicted molar refractivity (Wildman–Crippen MR) is 92.7 cm³/mol. The Balaban J connectivity index is 1.80. The van der Waals surface area contributed by atoms with Gasteiger partial charge in [-0.2, -0.15) is 0 Å². The number of ether oxygens (including phenoxy) is 3. The number of carbonyl (C=O) groups excluding carboxylic acids is 1. The van der Waals surface area contributed by atoms with E-state index in [2.05, 4.69) is 5.32 Å². The van der Waals surface area contributed by atoms with Crippen LogP contribution in [-0.4, -0.2) is 45.0 Å². The summed E-state index contributed by atoms with van der Waals surface area (Å²) in [6.07, 6.45) is 1.67. The molecule has 1 aromatic rings. The first-order chi connectivity index (χ1) is 11.7. The van der Waals surface area contributed by atoms with Crippen molar-refractivity contribution in [2.24, 2.45) is 11.7 Å². The molecule has 1 atom stereocenters. The Bertz CT molecular complexity index is 504. The van der Waals surface area contributed by atoms with Crippen molar-refractivity contribution in [3.05, 3.63) is 29.8 Å². The van der Waals surface area contributed by atoms with Crippen molar-refractivity contribution >= 4 is 11.6 Å². The molecule has 3 N–H and O–H groups in total. The molecule has 6 heteroatoms. The van der Waals surface area contributed by atoms with Crippen molar-refractivity contribution in [2.45, 2.75) is 32.4 Å². The van der Waals surface area contributed by atoms with Gasteiger partial charge in [-0.25, -0.2) is 0 Å². The zero-order chi connectivity index (χ0) is 17.2. The van der Waals surface area contributed by atoms with Crippen LogP contribution in [0.4, 0.5) is 5.69 Å². The van der Waals surface area contributed by atoms with Gasteiger partial charge in [-0.1, -0.05) is 12.1 Å². The summed E-state index contributed by atoms with van der Waals surface area (Å²) in [5.41, 5.74) is 7.85. The Morgan fingerprint density at radius 1 is 1.33 bits per heavy atom. The minimum Gasteiger partial charge on any atom is -0.381 e. The highest BCUT2D eigenvalue weighted by Crippen LogP contribution is 2.19. The molecule has 1 unspecified atom stereocenters. The van der Waals surface area contributed by atoms with Crippen molar-refractivity contribution in [3.8, 4) is 0 Å². The van der Waals surface area contributed by atoms with Gasteiger partial charge in [0.05, 0.1) is 25.9 Å². The molecule has 0 spiro atoms. The van der Waals surface area contributed by atoms with E-state index in [1.54, 1.807) is 0 Å². The summed E-state index contributed by atoms with van der Waals surface area (Å²) in [7, 11) is 0. The molecular formula is C18H28N2O4. The normalized spacial score (nSPS) is 16.8. The van der Waals surface area contributed by atoms with Gasteiger partial charge in [-0.05, 0) is 43.4 Å². The van der Waals surface area contributed by atoms with E-state index in [4.69, 9.17) is 19.9 Å². The lowest BCUT2D eigenvalue weighted by molar-refractivity contribution is -0.119. The van der Waals surface area contributed by atoms with Crippen molar-refractivity contribution < 1.29 is 19.0 Å². The maximum absolute atomic E-state index is 12.3. The Hall–Kier alpha value is -1.47. The van der Waals surface area contributed by atoms with Crippen LogP contribution in [0, 0.1) is 5.92 Å². The zero-order valence-corrected chi connectivity index (χ0v) is 14.3. The molecule has 24 heavy (non-hydrogen) atoms. The fraction of sp³-hybridized carbons (Fsp3) is 0.611. The molecule has 1 saturated heterocycles. The van der Waals surface area contributed by atoms with Gasteiger partial charge in [0.2, 0.25) is 5.91 Å². The van der Waals surface area contributed by atoms with Gasteiger partial charge in [0.15, 0.2) is 0 Å². The topological polar surface area (TPSA) is 82.8 Å². The first kappa shape index (κ1) is 18.9. The smallest absolute Gasteiger partial charge is 0.241 e. The minimum absolute atomic E-state index is 0.142. The highest BCUT2D eigenvalue weighted by Gasteiger charge is 2.26. The predicted octanol–water partition coefficient (Wildman–Crippen LogP) is 1.93. The third-order valence-corrected chi connectivity index (χ3v) is 4.12. The lowest BCUT2D eigenvalue weighted by Crippen LogP contribution is -2.44. The van der Waals surface area contributed by atoms with Gasteiger partial charge in [0.1, 0.15) is 0 Å². The fourth-order valence-corrected chi connectivity index (χ4v) is 2.71. The Labute approximate surface area is 143 Å². The molecule has 0 radical (unpaired) electrons. The van der Waals surface area contributed by atoms with Gasteiger partial charge in [-0.3, -0.25) is 4.79 Å². The first-order valence-electron chi connectivity index (χ1n) is 8.59. The average Bonchev–Trinajstić information content (AvgIpc) is 2.62. The number of rotatable bonds is 9. The second kappa shape index (κ2) is 10.4. The van der Waals surface area contributed by atoms with Crippen molar-refractivity contribution in [2.75, 3.05) is 38.4 Å². The molecular weight excluding hydrogens is 308 g/mol. The van der Waals surface area contributed by atoms with Crippen LogP contribution in [0.2, 0.25) is 0 Å². The van der Waals surface area contributed by atoms with E-state index >= 15 is 0 Å². The van der Waals surface area contributed by atoms with E-state index in [9.17, 15) is 4.79 Å². The molecule has 1 aliphatic rings. The summed E-state index contributed by atoms with van der Waals surface area (Å²) < 4.78 is 16.1. The van der Waals surface area contributed by atoms with Crippen LogP contribution in [0.15, 0.2) is 24.3 Å². The molecule has 134 valence electrons. The van der Waals surface area contributed by atoms with Crippen LogP contribution < -0.4 is 11.1 Å². The second-order valence-electron chi connectivity index (χ2n) is 5.91. The number of benzene rings is 1. The highest BCUT2D eigenvalue weighted by atomic mass is 16.5. The molecule has 1 aromatic carbocycles. The molecule has 6 nitrogen and oxygen atoms in total. The number of carbonyl (C=O) groups is 1. The zero-order valence-electron chi connectivity index (χ0n) is 14.3. The van der Waals surface area contributed by atoms with Gasteiger partial charge < -0.3 is 25.3 Å². The van der Waals surface area contributed by atoms with Crippen molar-refractivity contribution in [1.82, 2.24) is 0 Å². The maximum atomic E-state index is 12.3. The van der Waals surface area contributed by atoms with Crippen LogP contribution in [0.25, 0.3) is 0 Å². The number of nitrogens with one attached hydrogen (secondary N) is 1. The van der Waals surface area contributed by atoms with E-state index in [-0.39, 0.29) is 11.8 Å². The second-order valence-corrected chi connectivity index (χ2v) is 5.91. The molecule has 0 bridgehead atoms. The molecule has 1 aliphatic heterocycles. The Morgan fingerprint density at radius 3 is 2.83 bits per heavy atom.